The first-order valence-corrected chi connectivity index (χ1v) is 0. The van der Waals surface area contributed by atoms with Crippen molar-refractivity contribution < 1.29 is 59.9 Å². The fourth-order valence-electron chi connectivity index (χ4n) is 0. The SMILES string of the molecule is [O-2].[O-2].[O-2].[Ta].[W]. The second kappa shape index (κ2) is 57.6. The summed E-state index contributed by atoms with van der Waals surface area (Å²) in [4.78, 5) is 0. The van der Waals surface area contributed by atoms with E-state index in [1.807, 2.05) is 0 Å². The van der Waals surface area contributed by atoms with Crippen molar-refractivity contribution >= 4 is 0 Å². The molecule has 3 nitrogen and oxygen atoms in total. The molecule has 5 heavy (non-hydrogen) atoms. The summed E-state index contributed by atoms with van der Waals surface area (Å²) in [5.74, 6) is 0. The van der Waals surface area contributed by atoms with Crippen LogP contribution >= 0.6 is 0 Å². The molecule has 5 heteroatoms. The molecule has 0 bridgehead atoms. The molecular formula is O3TaW-6. The van der Waals surface area contributed by atoms with E-state index >= 15 is 0 Å². The first kappa shape index (κ1) is 104. The van der Waals surface area contributed by atoms with Crippen LogP contribution in [0.15, 0.2) is 0 Å². The van der Waals surface area contributed by atoms with E-state index in [9.17, 15) is 0 Å². The third kappa shape index (κ3) is 33.9. The zero-order valence-corrected chi connectivity index (χ0v) is 8.23. The minimum Gasteiger partial charge on any atom is -2.00 e. The molecule has 35 valence electrons. The summed E-state index contributed by atoms with van der Waals surface area (Å²) in [5.41, 5.74) is 0. The Bertz CT molecular complexity index is 6.85. The molecule has 0 saturated heterocycles. The minimum atomic E-state index is 0. The van der Waals surface area contributed by atoms with Crippen LogP contribution in [0.5, 0.6) is 0 Å². The number of hydrogen-bond acceptors (Lipinski definition) is 0. The third-order valence-corrected chi connectivity index (χ3v) is 0. The summed E-state index contributed by atoms with van der Waals surface area (Å²) in [6.45, 7) is 0. The normalized spacial score (nSPS) is 0. The Balaban J connectivity index is 0. The van der Waals surface area contributed by atoms with Crippen LogP contribution in [0.2, 0.25) is 0 Å². The van der Waals surface area contributed by atoms with Crippen LogP contribution in [-0.2, 0) is 59.9 Å². The van der Waals surface area contributed by atoms with Crippen molar-refractivity contribution in [3.05, 3.63) is 0 Å². The van der Waals surface area contributed by atoms with Gasteiger partial charge in [-0.2, -0.15) is 0 Å². The summed E-state index contributed by atoms with van der Waals surface area (Å²) in [5, 5.41) is 0. The van der Waals surface area contributed by atoms with Gasteiger partial charge in [-0.15, -0.1) is 0 Å². The second-order valence-electron chi connectivity index (χ2n) is 0. The van der Waals surface area contributed by atoms with E-state index in [0.29, 0.717) is 0 Å². The van der Waals surface area contributed by atoms with Crippen molar-refractivity contribution in [2.45, 2.75) is 0 Å². The van der Waals surface area contributed by atoms with Gasteiger partial charge in [0.2, 0.25) is 0 Å². The van der Waals surface area contributed by atoms with Gasteiger partial charge in [0.15, 0.2) is 0 Å². The number of rotatable bonds is 0. The molecule has 0 amide bonds. The zero-order valence-electron chi connectivity index (χ0n) is 2.08. The largest absolute Gasteiger partial charge is 2.00 e. The van der Waals surface area contributed by atoms with Crippen LogP contribution in [0, 0.1) is 0 Å². The molecule has 0 aliphatic rings. The summed E-state index contributed by atoms with van der Waals surface area (Å²) in [6, 6.07) is 0. The fraction of sp³-hybridized carbons (Fsp3) is 0. The Morgan fingerprint density at radius 2 is 0.600 bits per heavy atom. The molecule has 0 aromatic carbocycles. The van der Waals surface area contributed by atoms with Crippen molar-refractivity contribution in [2.75, 3.05) is 0 Å². The smallest absolute Gasteiger partial charge is 0 e. The molecule has 0 atom stereocenters. The Morgan fingerprint density at radius 1 is 0.600 bits per heavy atom. The van der Waals surface area contributed by atoms with Gasteiger partial charge < -0.3 is 16.4 Å². The average molecular weight is 413 g/mol. The predicted octanol–water partition coefficient (Wildman–Crippen LogP) is -0.361. The van der Waals surface area contributed by atoms with E-state index in [-0.39, 0.29) is 59.9 Å². The van der Waals surface area contributed by atoms with Gasteiger partial charge in [0.25, 0.3) is 0 Å². The van der Waals surface area contributed by atoms with Crippen molar-refractivity contribution in [3.8, 4) is 0 Å². The molecule has 0 aromatic rings. The monoisotopic (exact) mass is 413 g/mol. The maximum Gasteiger partial charge on any atom is 0 e. The maximum atomic E-state index is 0. The third-order valence-electron chi connectivity index (χ3n) is 0. The Labute approximate surface area is 59.8 Å². The standard InChI is InChI=1S/3O.Ta.W/q3*-2;;. The van der Waals surface area contributed by atoms with E-state index < -0.39 is 0 Å². The van der Waals surface area contributed by atoms with Crippen molar-refractivity contribution in [1.82, 2.24) is 0 Å². The quantitative estimate of drug-likeness (QED) is 0.520. The molecule has 0 fully saturated rings. The molecule has 0 aliphatic carbocycles. The van der Waals surface area contributed by atoms with Gasteiger partial charge in [-0.3, -0.25) is 0 Å². The van der Waals surface area contributed by atoms with Gasteiger partial charge in [0.1, 0.15) is 0 Å². The van der Waals surface area contributed by atoms with Crippen molar-refractivity contribution in [3.63, 3.8) is 0 Å². The summed E-state index contributed by atoms with van der Waals surface area (Å²) >= 11 is 0. The van der Waals surface area contributed by atoms with Crippen LogP contribution in [0.25, 0.3) is 0 Å². The molecule has 0 rings (SSSR count). The molecular weight excluding hydrogens is 413 g/mol. The molecule has 1 radical (unpaired) electrons. The van der Waals surface area contributed by atoms with Gasteiger partial charge in [0.05, 0.1) is 0 Å². The van der Waals surface area contributed by atoms with Crippen LogP contribution in [-0.4, -0.2) is 0 Å². The minimum absolute atomic E-state index is 0. The van der Waals surface area contributed by atoms with Crippen LogP contribution in [0.3, 0.4) is 0 Å². The molecule has 0 spiro atoms. The van der Waals surface area contributed by atoms with E-state index in [0.717, 1.165) is 0 Å². The second-order valence-corrected chi connectivity index (χ2v) is 0. The molecule has 0 heterocycles. The van der Waals surface area contributed by atoms with Gasteiger partial charge in [-0.25, -0.2) is 0 Å². The van der Waals surface area contributed by atoms with Crippen molar-refractivity contribution in [1.29, 1.82) is 0 Å². The number of hydrogen-bond donors (Lipinski definition) is 0. The molecule has 0 unspecified atom stereocenters. The Hall–Kier alpha value is 1.31. The Morgan fingerprint density at radius 3 is 0.600 bits per heavy atom. The van der Waals surface area contributed by atoms with Gasteiger partial charge in [-0.1, -0.05) is 0 Å². The summed E-state index contributed by atoms with van der Waals surface area (Å²) in [6.07, 6.45) is 0. The summed E-state index contributed by atoms with van der Waals surface area (Å²) < 4.78 is 0. The van der Waals surface area contributed by atoms with E-state index in [1.54, 1.807) is 0 Å². The summed E-state index contributed by atoms with van der Waals surface area (Å²) in [7, 11) is 0. The predicted molar refractivity (Wildman–Crippen MR) is 2.06 cm³/mol. The van der Waals surface area contributed by atoms with E-state index in [1.165, 1.54) is 0 Å². The molecule has 0 aliphatic heterocycles. The zero-order chi connectivity index (χ0) is 0. The van der Waals surface area contributed by atoms with Crippen LogP contribution in [0.1, 0.15) is 0 Å². The Kier molecular flexibility index (Phi) is 1200. The maximum absolute atomic E-state index is 0. The first-order chi connectivity index (χ1) is 0. The van der Waals surface area contributed by atoms with Crippen molar-refractivity contribution in [2.24, 2.45) is 0 Å². The van der Waals surface area contributed by atoms with Gasteiger partial charge in [0, 0.05) is 43.4 Å². The topological polar surface area (TPSA) is 85.5 Å². The van der Waals surface area contributed by atoms with E-state index in [2.05, 4.69) is 0 Å². The van der Waals surface area contributed by atoms with Crippen LogP contribution < -0.4 is 0 Å². The van der Waals surface area contributed by atoms with Gasteiger partial charge >= 0.3 is 0 Å². The molecule has 0 aromatic heterocycles. The van der Waals surface area contributed by atoms with Crippen LogP contribution in [0.4, 0.5) is 0 Å². The van der Waals surface area contributed by atoms with Gasteiger partial charge in [-0.05, 0) is 0 Å². The molecule has 0 N–H and O–H groups in total. The fourth-order valence-corrected chi connectivity index (χ4v) is 0. The van der Waals surface area contributed by atoms with E-state index in [4.69, 9.17) is 0 Å². The average Bonchev–Trinajstić information content (AvgIpc) is 0. The molecule has 0 saturated carbocycles. The first-order valence-electron chi connectivity index (χ1n) is 0.